The topological polar surface area (TPSA) is 111 Å². The summed E-state index contributed by atoms with van der Waals surface area (Å²) in [6.45, 7) is 2.50. The number of hydrogen-bond donors (Lipinski definition) is 4. The number of urea groups is 1. The lowest BCUT2D eigenvalue weighted by Gasteiger charge is -2.16. The molecule has 0 aliphatic carbocycles. The van der Waals surface area contributed by atoms with Crippen molar-refractivity contribution in [1.82, 2.24) is 20.2 Å². The molecule has 2 aromatic heterocycles. The first-order valence-electron chi connectivity index (χ1n) is 11.2. The number of halogens is 2. The van der Waals surface area contributed by atoms with Crippen molar-refractivity contribution in [2.45, 2.75) is 19.3 Å². The molecule has 12 heteroatoms. The predicted octanol–water partition coefficient (Wildman–Crippen LogP) is 5.04. The van der Waals surface area contributed by atoms with Crippen LogP contribution in [0.25, 0.3) is 0 Å². The molecule has 0 spiro atoms. The minimum atomic E-state index is -0.505. The Balaban J connectivity index is 1.27. The quantitative estimate of drug-likeness (QED) is 0.272. The Morgan fingerprint density at radius 2 is 1.94 bits per heavy atom. The molecule has 9 nitrogen and oxygen atoms in total. The van der Waals surface area contributed by atoms with E-state index in [0.717, 1.165) is 43.0 Å². The molecule has 0 bridgehead atoms. The molecular formula is C23H25BrFN7O2S. The zero-order valence-corrected chi connectivity index (χ0v) is 21.2. The summed E-state index contributed by atoms with van der Waals surface area (Å²) < 4.78 is 14.2. The van der Waals surface area contributed by atoms with Crippen LogP contribution < -0.4 is 21.3 Å². The molecule has 4 N–H and O–H groups in total. The van der Waals surface area contributed by atoms with Crippen LogP contribution in [-0.2, 0) is 0 Å². The van der Waals surface area contributed by atoms with Gasteiger partial charge in [0.1, 0.15) is 16.5 Å². The molecular weight excluding hydrogens is 537 g/mol. The van der Waals surface area contributed by atoms with Gasteiger partial charge < -0.3 is 26.2 Å². The Morgan fingerprint density at radius 1 is 1.14 bits per heavy atom. The van der Waals surface area contributed by atoms with Gasteiger partial charge in [0.15, 0.2) is 0 Å². The zero-order valence-electron chi connectivity index (χ0n) is 18.8. The molecule has 1 fully saturated rings. The summed E-state index contributed by atoms with van der Waals surface area (Å²) in [6, 6.07) is 8.55. The second kappa shape index (κ2) is 11.9. The number of carbonyl (C=O) groups is 2. The number of hydrogen-bond acceptors (Lipinski definition) is 7. The van der Waals surface area contributed by atoms with Crippen molar-refractivity contribution in [3.63, 3.8) is 0 Å². The van der Waals surface area contributed by atoms with Gasteiger partial charge in [-0.2, -0.15) is 4.98 Å². The van der Waals surface area contributed by atoms with Gasteiger partial charge in [0.2, 0.25) is 5.95 Å². The van der Waals surface area contributed by atoms with E-state index in [1.165, 1.54) is 6.07 Å². The third-order valence-corrected chi connectivity index (χ3v) is 6.73. The van der Waals surface area contributed by atoms with Crippen LogP contribution in [0.3, 0.4) is 0 Å². The van der Waals surface area contributed by atoms with E-state index in [-0.39, 0.29) is 10.9 Å². The van der Waals surface area contributed by atoms with Crippen LogP contribution in [0, 0.1) is 5.82 Å². The molecule has 1 aromatic carbocycles. The maximum absolute atomic E-state index is 13.5. The molecule has 1 aliphatic rings. The molecule has 1 saturated heterocycles. The number of rotatable bonds is 9. The summed E-state index contributed by atoms with van der Waals surface area (Å²) >= 11 is 4.51. The van der Waals surface area contributed by atoms with Crippen LogP contribution in [0.2, 0.25) is 0 Å². The first-order valence-corrected chi connectivity index (χ1v) is 12.9. The normalized spacial score (nSPS) is 12.9. The number of nitrogens with one attached hydrogen (secondary N) is 4. The van der Waals surface area contributed by atoms with Gasteiger partial charge in [-0.3, -0.25) is 4.79 Å². The molecule has 35 heavy (non-hydrogen) atoms. The second-order valence-electron chi connectivity index (χ2n) is 7.85. The lowest BCUT2D eigenvalue weighted by atomic mass is 10.3. The number of benzene rings is 1. The predicted molar refractivity (Wildman–Crippen MR) is 139 cm³/mol. The third-order valence-electron chi connectivity index (χ3n) is 5.26. The minimum absolute atomic E-state index is 0.0897. The van der Waals surface area contributed by atoms with E-state index in [9.17, 15) is 14.0 Å². The lowest BCUT2D eigenvalue weighted by molar-refractivity contribution is 0.0954. The van der Waals surface area contributed by atoms with Gasteiger partial charge in [0.25, 0.3) is 5.91 Å². The number of anilines is 4. The van der Waals surface area contributed by atoms with Crippen LogP contribution in [0.5, 0.6) is 0 Å². The molecule has 0 radical (unpaired) electrons. The van der Waals surface area contributed by atoms with E-state index in [1.54, 1.807) is 11.6 Å². The molecule has 0 saturated carbocycles. The molecule has 184 valence electrons. The number of likely N-dealkylation sites (tertiary alicyclic amines) is 1. The summed E-state index contributed by atoms with van der Waals surface area (Å²) in [6.07, 6.45) is 4.33. The summed E-state index contributed by atoms with van der Waals surface area (Å²) in [5.74, 6) is 0.0675. The Hall–Kier alpha value is -3.25. The largest absolute Gasteiger partial charge is 0.369 e. The van der Waals surface area contributed by atoms with Gasteiger partial charge in [-0.25, -0.2) is 14.2 Å². The number of thiophene rings is 1. The average Bonchev–Trinajstić information content (AvgIpc) is 3.53. The van der Waals surface area contributed by atoms with Gasteiger partial charge in [0.05, 0.1) is 4.47 Å². The Morgan fingerprint density at radius 3 is 2.71 bits per heavy atom. The van der Waals surface area contributed by atoms with Gasteiger partial charge >= 0.3 is 6.03 Å². The Kier molecular flexibility index (Phi) is 8.48. The SMILES string of the molecule is O=C(NCCCNc1nc(Nc2cccc(NC(=O)N3CCCC3)c2)ncc1Br)c1sccc1F. The van der Waals surface area contributed by atoms with Crippen LogP contribution in [-0.4, -0.2) is 53.0 Å². The lowest BCUT2D eigenvalue weighted by Crippen LogP contribution is -2.32. The highest BCUT2D eigenvalue weighted by Crippen LogP contribution is 2.23. The van der Waals surface area contributed by atoms with Crippen LogP contribution in [0.15, 0.2) is 46.4 Å². The number of amides is 3. The minimum Gasteiger partial charge on any atom is -0.369 e. The highest BCUT2D eigenvalue weighted by atomic mass is 79.9. The van der Waals surface area contributed by atoms with Crippen LogP contribution in [0.4, 0.5) is 32.3 Å². The fourth-order valence-corrected chi connectivity index (χ4v) is 4.53. The molecule has 3 aromatic rings. The fraction of sp³-hybridized carbons (Fsp3) is 0.304. The van der Waals surface area contributed by atoms with Crippen molar-refractivity contribution in [3.8, 4) is 0 Å². The highest BCUT2D eigenvalue weighted by Gasteiger charge is 2.18. The maximum Gasteiger partial charge on any atom is 0.321 e. The summed E-state index contributed by atoms with van der Waals surface area (Å²) in [5, 5.41) is 13.5. The van der Waals surface area contributed by atoms with Crippen molar-refractivity contribution in [3.05, 3.63) is 57.1 Å². The molecule has 1 aliphatic heterocycles. The summed E-state index contributed by atoms with van der Waals surface area (Å²) in [5.41, 5.74) is 1.42. The van der Waals surface area contributed by atoms with Gasteiger partial charge in [-0.1, -0.05) is 6.07 Å². The number of nitrogens with zero attached hydrogens (tertiary/aromatic N) is 3. The van der Waals surface area contributed by atoms with Crippen LogP contribution in [0.1, 0.15) is 28.9 Å². The highest BCUT2D eigenvalue weighted by molar-refractivity contribution is 9.10. The van der Waals surface area contributed by atoms with E-state index < -0.39 is 11.7 Å². The monoisotopic (exact) mass is 561 g/mol. The van der Waals surface area contributed by atoms with E-state index in [4.69, 9.17) is 0 Å². The van der Waals surface area contributed by atoms with E-state index >= 15 is 0 Å². The summed E-state index contributed by atoms with van der Waals surface area (Å²) in [4.78, 5) is 35.0. The molecule has 0 atom stereocenters. The molecule has 0 unspecified atom stereocenters. The average molecular weight is 562 g/mol. The summed E-state index contributed by atoms with van der Waals surface area (Å²) in [7, 11) is 0. The molecule has 3 heterocycles. The van der Waals surface area contributed by atoms with Crippen molar-refractivity contribution >= 4 is 62.3 Å². The third kappa shape index (κ3) is 6.89. The fourth-order valence-electron chi connectivity index (χ4n) is 3.51. The van der Waals surface area contributed by atoms with Crippen molar-refractivity contribution in [2.24, 2.45) is 0 Å². The zero-order chi connectivity index (χ0) is 24.6. The van der Waals surface area contributed by atoms with E-state index in [1.807, 2.05) is 29.2 Å². The standard InChI is InChI=1S/C23H25BrFN7O2S/c24-17-14-28-22(29-15-5-3-6-16(13-15)30-23(34)32-10-1-2-11-32)31-20(17)26-8-4-9-27-21(33)19-18(25)7-12-35-19/h3,5-7,12-14H,1-2,4,8-11H2,(H,27,33)(H,30,34)(H2,26,28,29,31). The molecule has 3 amide bonds. The number of aromatic nitrogens is 2. The Bertz CT molecular complexity index is 1190. The van der Waals surface area contributed by atoms with Crippen molar-refractivity contribution in [1.29, 1.82) is 0 Å². The van der Waals surface area contributed by atoms with E-state index in [0.29, 0.717) is 41.4 Å². The van der Waals surface area contributed by atoms with Crippen molar-refractivity contribution in [2.75, 3.05) is 42.1 Å². The van der Waals surface area contributed by atoms with Crippen molar-refractivity contribution < 1.29 is 14.0 Å². The molecule has 4 rings (SSSR count). The maximum atomic E-state index is 13.5. The second-order valence-corrected chi connectivity index (χ2v) is 9.62. The van der Waals surface area contributed by atoms with Gasteiger partial charge in [-0.05, 0) is 64.8 Å². The Labute approximate surface area is 214 Å². The smallest absolute Gasteiger partial charge is 0.321 e. The van der Waals surface area contributed by atoms with E-state index in [2.05, 4.69) is 47.2 Å². The first kappa shape index (κ1) is 24.9. The number of carbonyl (C=O) groups excluding carboxylic acids is 2. The first-order chi connectivity index (χ1) is 17.0. The van der Waals surface area contributed by atoms with Gasteiger partial charge in [0, 0.05) is 43.8 Å². The van der Waals surface area contributed by atoms with Gasteiger partial charge in [-0.15, -0.1) is 11.3 Å². The van der Waals surface area contributed by atoms with Crippen LogP contribution >= 0.6 is 27.3 Å².